The van der Waals surface area contributed by atoms with Gasteiger partial charge in [0.25, 0.3) is 0 Å². The van der Waals surface area contributed by atoms with Gasteiger partial charge in [-0.05, 0) is 50.2 Å². The van der Waals surface area contributed by atoms with Crippen LogP contribution in [-0.4, -0.2) is 24.2 Å². The molecule has 0 radical (unpaired) electrons. The van der Waals surface area contributed by atoms with Crippen molar-refractivity contribution in [2.75, 3.05) is 18.5 Å². The number of rotatable bonds is 4. The smallest absolute Gasteiger partial charge is 0.126 e. The van der Waals surface area contributed by atoms with Crippen LogP contribution in [0.4, 0.5) is 5.82 Å². The molecule has 3 nitrogen and oxygen atoms in total. The number of ether oxygens (including phenoxy) is 1. The Hall–Kier alpha value is -1.09. The van der Waals surface area contributed by atoms with Crippen LogP contribution in [0, 0.1) is 0 Å². The van der Waals surface area contributed by atoms with E-state index in [-0.39, 0.29) is 0 Å². The van der Waals surface area contributed by atoms with Crippen molar-refractivity contribution < 1.29 is 4.74 Å². The number of aromatic nitrogens is 1. The number of aryl methyl sites for hydroxylation is 2. The van der Waals surface area contributed by atoms with Crippen LogP contribution >= 0.6 is 0 Å². The number of nitrogens with zero attached hydrogens (tertiary/aromatic N) is 1. The molecule has 0 aromatic carbocycles. The van der Waals surface area contributed by atoms with Gasteiger partial charge in [-0.2, -0.15) is 0 Å². The summed E-state index contributed by atoms with van der Waals surface area (Å²) in [6, 6.07) is 4.34. The molecule has 0 bridgehead atoms. The van der Waals surface area contributed by atoms with E-state index in [1.165, 1.54) is 36.9 Å². The SMILES string of the molecule is c1cc2c(nc1NCCC1CCCO1)CCC2. The van der Waals surface area contributed by atoms with Crippen LogP contribution in [0.2, 0.25) is 0 Å². The van der Waals surface area contributed by atoms with Gasteiger partial charge in [0.15, 0.2) is 0 Å². The van der Waals surface area contributed by atoms with Gasteiger partial charge in [0.2, 0.25) is 0 Å². The van der Waals surface area contributed by atoms with Crippen molar-refractivity contribution in [1.82, 2.24) is 4.98 Å². The van der Waals surface area contributed by atoms with Crippen LogP contribution in [0.1, 0.15) is 36.9 Å². The Bertz CT molecular complexity index is 386. The van der Waals surface area contributed by atoms with Gasteiger partial charge < -0.3 is 10.1 Å². The van der Waals surface area contributed by atoms with Crippen LogP contribution < -0.4 is 5.32 Å². The second-order valence-electron chi connectivity index (χ2n) is 5.01. The predicted octanol–water partition coefficient (Wildman–Crippen LogP) is 2.55. The predicted molar refractivity (Wildman–Crippen MR) is 68.3 cm³/mol. The van der Waals surface area contributed by atoms with E-state index in [4.69, 9.17) is 4.74 Å². The number of nitrogens with one attached hydrogen (secondary N) is 1. The molecule has 1 saturated heterocycles. The van der Waals surface area contributed by atoms with Crippen molar-refractivity contribution in [2.24, 2.45) is 0 Å². The van der Waals surface area contributed by atoms with Crippen molar-refractivity contribution in [3.8, 4) is 0 Å². The van der Waals surface area contributed by atoms with E-state index in [2.05, 4.69) is 22.4 Å². The second kappa shape index (κ2) is 5.05. The van der Waals surface area contributed by atoms with Crippen LogP contribution in [0.3, 0.4) is 0 Å². The first-order valence-corrected chi connectivity index (χ1v) is 6.76. The molecule has 17 heavy (non-hydrogen) atoms. The molecule has 1 aliphatic carbocycles. The average molecular weight is 232 g/mol. The van der Waals surface area contributed by atoms with E-state index in [9.17, 15) is 0 Å². The fraction of sp³-hybridized carbons (Fsp3) is 0.643. The minimum absolute atomic E-state index is 0.469. The normalized spacial score (nSPS) is 22.7. The molecule has 1 unspecified atom stereocenters. The van der Waals surface area contributed by atoms with E-state index in [0.717, 1.165) is 31.8 Å². The lowest BCUT2D eigenvalue weighted by Crippen LogP contribution is -2.13. The lowest BCUT2D eigenvalue weighted by Gasteiger charge is -2.11. The van der Waals surface area contributed by atoms with Crippen molar-refractivity contribution >= 4 is 5.82 Å². The number of hydrogen-bond donors (Lipinski definition) is 1. The third-order valence-corrected chi connectivity index (χ3v) is 3.72. The van der Waals surface area contributed by atoms with Gasteiger partial charge in [0.1, 0.15) is 5.82 Å². The summed E-state index contributed by atoms with van der Waals surface area (Å²) >= 11 is 0. The van der Waals surface area contributed by atoms with Gasteiger partial charge in [-0.25, -0.2) is 4.98 Å². The fourth-order valence-corrected chi connectivity index (χ4v) is 2.75. The molecule has 92 valence electrons. The minimum atomic E-state index is 0.469. The molecule has 0 saturated carbocycles. The number of fused-ring (bicyclic) bond motifs is 1. The molecule has 1 aliphatic heterocycles. The van der Waals surface area contributed by atoms with Gasteiger partial charge in [0.05, 0.1) is 6.10 Å². The molecule has 0 spiro atoms. The molecule has 2 heterocycles. The van der Waals surface area contributed by atoms with Crippen molar-refractivity contribution in [3.05, 3.63) is 23.4 Å². The van der Waals surface area contributed by atoms with Crippen LogP contribution in [0.25, 0.3) is 0 Å². The maximum atomic E-state index is 5.60. The molecular weight excluding hydrogens is 212 g/mol. The Morgan fingerprint density at radius 3 is 3.18 bits per heavy atom. The number of hydrogen-bond acceptors (Lipinski definition) is 3. The number of anilines is 1. The standard InChI is InChI=1S/C14H20N2O/c1-3-11-6-7-14(16-13(11)5-1)15-9-8-12-4-2-10-17-12/h6-7,12H,1-5,8-10H2,(H,15,16). The van der Waals surface area contributed by atoms with Gasteiger partial charge in [-0.3, -0.25) is 0 Å². The Balaban J connectivity index is 1.51. The zero-order valence-electron chi connectivity index (χ0n) is 10.2. The zero-order valence-corrected chi connectivity index (χ0v) is 10.2. The molecule has 1 aromatic heterocycles. The molecule has 2 aliphatic rings. The third-order valence-electron chi connectivity index (χ3n) is 3.72. The molecule has 1 fully saturated rings. The zero-order chi connectivity index (χ0) is 11.5. The van der Waals surface area contributed by atoms with E-state index in [1.54, 1.807) is 0 Å². The number of pyridine rings is 1. The second-order valence-corrected chi connectivity index (χ2v) is 5.01. The quantitative estimate of drug-likeness (QED) is 0.866. The molecule has 1 atom stereocenters. The Kier molecular flexibility index (Phi) is 3.27. The van der Waals surface area contributed by atoms with Crippen molar-refractivity contribution in [1.29, 1.82) is 0 Å². The summed E-state index contributed by atoms with van der Waals surface area (Å²) in [7, 11) is 0. The minimum Gasteiger partial charge on any atom is -0.378 e. The van der Waals surface area contributed by atoms with Crippen molar-refractivity contribution in [2.45, 2.75) is 44.6 Å². The van der Waals surface area contributed by atoms with E-state index < -0.39 is 0 Å². The first-order valence-electron chi connectivity index (χ1n) is 6.76. The Morgan fingerprint density at radius 2 is 2.29 bits per heavy atom. The van der Waals surface area contributed by atoms with Gasteiger partial charge in [-0.15, -0.1) is 0 Å². The summed E-state index contributed by atoms with van der Waals surface area (Å²) in [5.41, 5.74) is 2.74. The highest BCUT2D eigenvalue weighted by Crippen LogP contribution is 2.21. The van der Waals surface area contributed by atoms with Crippen LogP contribution in [0.5, 0.6) is 0 Å². The third kappa shape index (κ3) is 2.60. The molecular formula is C14H20N2O. The first-order chi connectivity index (χ1) is 8.42. The summed E-state index contributed by atoms with van der Waals surface area (Å²) in [6.45, 7) is 1.91. The Morgan fingerprint density at radius 1 is 1.29 bits per heavy atom. The highest BCUT2D eigenvalue weighted by atomic mass is 16.5. The molecule has 0 amide bonds. The highest BCUT2D eigenvalue weighted by molar-refractivity contribution is 5.40. The maximum Gasteiger partial charge on any atom is 0.126 e. The summed E-state index contributed by atoms with van der Waals surface area (Å²) in [4.78, 5) is 4.67. The summed E-state index contributed by atoms with van der Waals surface area (Å²) in [6.07, 6.45) is 7.63. The fourth-order valence-electron chi connectivity index (χ4n) is 2.75. The summed E-state index contributed by atoms with van der Waals surface area (Å²) in [5.74, 6) is 1.03. The average Bonchev–Trinajstić information content (AvgIpc) is 2.98. The Labute approximate surface area is 103 Å². The van der Waals surface area contributed by atoms with Crippen LogP contribution in [-0.2, 0) is 17.6 Å². The van der Waals surface area contributed by atoms with Crippen LogP contribution in [0.15, 0.2) is 12.1 Å². The van der Waals surface area contributed by atoms with Gasteiger partial charge >= 0.3 is 0 Å². The monoisotopic (exact) mass is 232 g/mol. The molecule has 1 aromatic rings. The lowest BCUT2D eigenvalue weighted by molar-refractivity contribution is 0.107. The van der Waals surface area contributed by atoms with E-state index in [1.807, 2.05) is 0 Å². The lowest BCUT2D eigenvalue weighted by atomic mass is 10.2. The van der Waals surface area contributed by atoms with E-state index >= 15 is 0 Å². The van der Waals surface area contributed by atoms with Gasteiger partial charge in [-0.1, -0.05) is 6.07 Å². The maximum absolute atomic E-state index is 5.60. The molecule has 1 N–H and O–H groups in total. The summed E-state index contributed by atoms with van der Waals surface area (Å²) in [5, 5.41) is 3.41. The van der Waals surface area contributed by atoms with Crippen molar-refractivity contribution in [3.63, 3.8) is 0 Å². The molecule has 3 heteroatoms. The topological polar surface area (TPSA) is 34.2 Å². The highest BCUT2D eigenvalue weighted by Gasteiger charge is 2.15. The van der Waals surface area contributed by atoms with Gasteiger partial charge in [0, 0.05) is 18.8 Å². The first kappa shape index (κ1) is 11.0. The largest absolute Gasteiger partial charge is 0.378 e. The molecule has 3 rings (SSSR count). The van der Waals surface area contributed by atoms with E-state index in [0.29, 0.717) is 6.10 Å². The summed E-state index contributed by atoms with van der Waals surface area (Å²) < 4.78 is 5.60.